The molecule has 25 heavy (non-hydrogen) atoms. The molecule has 0 spiro atoms. The Morgan fingerprint density at radius 2 is 1.72 bits per heavy atom. The largest absolute Gasteiger partial charge is 0.479 e. The van der Waals surface area contributed by atoms with Crippen LogP contribution in [0.2, 0.25) is 0 Å². The molecule has 0 aliphatic heterocycles. The van der Waals surface area contributed by atoms with Crippen LogP contribution in [0.25, 0.3) is 0 Å². The van der Waals surface area contributed by atoms with Crippen molar-refractivity contribution in [3.8, 4) is 0 Å². The first kappa shape index (κ1) is 18.1. The lowest BCUT2D eigenvalue weighted by Crippen LogP contribution is -2.55. The first-order chi connectivity index (χ1) is 11.9. The van der Waals surface area contributed by atoms with Gasteiger partial charge in [-0.2, -0.15) is 0 Å². The molecular weight excluding hydrogens is 324 g/mol. The molecule has 0 saturated carbocycles. The molecule has 0 bridgehead atoms. The number of rotatable bonds is 7. The third kappa shape index (κ3) is 4.20. The molecule has 0 saturated heterocycles. The van der Waals surface area contributed by atoms with Gasteiger partial charge in [0.05, 0.1) is 4.92 Å². The summed E-state index contributed by atoms with van der Waals surface area (Å²) in [5, 5.41) is 23.0. The standard InChI is InChI=1S/C18H18N2O5/c1-2-18(17(22)23,19-16(21)14-6-4-3-5-7-14)12-13-8-10-15(11-9-13)20(24)25/h3-11H,2,12H2,1H3,(H,19,21)(H,22,23)/t18-/m0/s1. The zero-order chi connectivity index (χ0) is 18.4. The molecule has 0 heterocycles. The van der Waals surface area contributed by atoms with Crippen LogP contribution in [0.15, 0.2) is 54.6 Å². The number of carbonyl (C=O) groups is 2. The van der Waals surface area contributed by atoms with Crippen LogP contribution >= 0.6 is 0 Å². The first-order valence-corrected chi connectivity index (χ1v) is 7.72. The predicted molar refractivity (Wildman–Crippen MR) is 91.4 cm³/mol. The van der Waals surface area contributed by atoms with Gasteiger partial charge in [-0.1, -0.05) is 37.3 Å². The highest BCUT2D eigenvalue weighted by Gasteiger charge is 2.38. The minimum absolute atomic E-state index is 0.0232. The monoisotopic (exact) mass is 342 g/mol. The number of aliphatic carboxylic acids is 1. The highest BCUT2D eigenvalue weighted by Crippen LogP contribution is 2.21. The van der Waals surface area contributed by atoms with Crippen LogP contribution in [-0.4, -0.2) is 27.4 Å². The molecular formula is C18H18N2O5. The zero-order valence-electron chi connectivity index (χ0n) is 13.6. The van der Waals surface area contributed by atoms with Crippen molar-refractivity contribution in [2.45, 2.75) is 25.3 Å². The van der Waals surface area contributed by atoms with Crippen LogP contribution in [0.1, 0.15) is 29.3 Å². The number of carboxylic acid groups (broad SMARTS) is 1. The van der Waals surface area contributed by atoms with Crippen molar-refractivity contribution >= 4 is 17.6 Å². The molecule has 2 N–H and O–H groups in total. The molecule has 2 rings (SSSR count). The Morgan fingerprint density at radius 3 is 2.20 bits per heavy atom. The third-order valence-corrected chi connectivity index (χ3v) is 4.05. The summed E-state index contributed by atoms with van der Waals surface area (Å²) in [6, 6.07) is 14.0. The second kappa shape index (κ2) is 7.57. The molecule has 130 valence electrons. The summed E-state index contributed by atoms with van der Waals surface area (Å²) in [6.07, 6.45) is 0.188. The summed E-state index contributed by atoms with van der Waals surface area (Å²) >= 11 is 0. The first-order valence-electron chi connectivity index (χ1n) is 7.72. The van der Waals surface area contributed by atoms with Crippen molar-refractivity contribution in [2.75, 3.05) is 0 Å². The number of nitro benzene ring substituents is 1. The van der Waals surface area contributed by atoms with Crippen LogP contribution in [0.4, 0.5) is 5.69 Å². The van der Waals surface area contributed by atoms with Gasteiger partial charge in [0.25, 0.3) is 11.6 Å². The number of hydrogen-bond donors (Lipinski definition) is 2. The van der Waals surface area contributed by atoms with Crippen molar-refractivity contribution in [3.63, 3.8) is 0 Å². The number of carboxylic acids is 1. The van der Waals surface area contributed by atoms with E-state index in [2.05, 4.69) is 5.32 Å². The number of non-ortho nitro benzene ring substituents is 1. The summed E-state index contributed by atoms with van der Waals surface area (Å²) in [5.41, 5.74) is -0.619. The predicted octanol–water partition coefficient (Wildman–Crippen LogP) is 2.80. The average molecular weight is 342 g/mol. The summed E-state index contributed by atoms with van der Waals surface area (Å²) < 4.78 is 0. The molecule has 0 unspecified atom stereocenters. The fourth-order valence-corrected chi connectivity index (χ4v) is 2.50. The maximum absolute atomic E-state index is 12.4. The molecule has 0 radical (unpaired) electrons. The lowest BCUT2D eigenvalue weighted by atomic mass is 9.87. The van der Waals surface area contributed by atoms with Gasteiger partial charge < -0.3 is 10.4 Å². The Kier molecular flexibility index (Phi) is 5.49. The van der Waals surface area contributed by atoms with Gasteiger partial charge in [-0.15, -0.1) is 0 Å². The number of nitrogens with one attached hydrogen (secondary N) is 1. The number of nitro groups is 1. The Hall–Kier alpha value is -3.22. The number of carbonyl (C=O) groups excluding carboxylic acids is 1. The van der Waals surface area contributed by atoms with E-state index in [1.165, 1.54) is 24.3 Å². The summed E-state index contributed by atoms with van der Waals surface area (Å²) in [6.45, 7) is 1.67. The van der Waals surface area contributed by atoms with E-state index in [0.717, 1.165) is 0 Å². The molecule has 0 aliphatic carbocycles. The molecule has 0 fully saturated rings. The minimum Gasteiger partial charge on any atom is -0.479 e. The lowest BCUT2D eigenvalue weighted by Gasteiger charge is -2.29. The van der Waals surface area contributed by atoms with Crippen LogP contribution < -0.4 is 5.32 Å². The molecule has 1 amide bonds. The fraction of sp³-hybridized carbons (Fsp3) is 0.222. The van der Waals surface area contributed by atoms with Crippen molar-refractivity contribution < 1.29 is 19.6 Å². The Morgan fingerprint density at radius 1 is 1.12 bits per heavy atom. The molecule has 0 aliphatic rings. The Balaban J connectivity index is 2.26. The van der Waals surface area contributed by atoms with E-state index in [-0.39, 0.29) is 18.5 Å². The Labute approximate surface area is 144 Å². The van der Waals surface area contributed by atoms with Gasteiger partial charge in [-0.3, -0.25) is 14.9 Å². The van der Waals surface area contributed by atoms with Gasteiger partial charge in [-0.25, -0.2) is 4.79 Å². The molecule has 0 aromatic heterocycles. The SMILES string of the molecule is CC[C@@](Cc1ccc([N+](=O)[O-])cc1)(NC(=O)c1ccccc1)C(=O)O. The third-order valence-electron chi connectivity index (χ3n) is 4.05. The van der Waals surface area contributed by atoms with E-state index in [9.17, 15) is 24.8 Å². The quantitative estimate of drug-likeness (QED) is 0.594. The lowest BCUT2D eigenvalue weighted by molar-refractivity contribution is -0.384. The van der Waals surface area contributed by atoms with Crippen molar-refractivity contribution in [2.24, 2.45) is 0 Å². The molecule has 7 nitrogen and oxygen atoms in total. The normalized spacial score (nSPS) is 12.8. The van der Waals surface area contributed by atoms with Crippen LogP contribution in [0.5, 0.6) is 0 Å². The van der Waals surface area contributed by atoms with Gasteiger partial charge in [0, 0.05) is 24.1 Å². The van der Waals surface area contributed by atoms with E-state index >= 15 is 0 Å². The molecule has 2 aromatic rings. The van der Waals surface area contributed by atoms with Gasteiger partial charge >= 0.3 is 5.97 Å². The minimum atomic E-state index is -1.50. The zero-order valence-corrected chi connectivity index (χ0v) is 13.6. The van der Waals surface area contributed by atoms with Crippen LogP contribution in [-0.2, 0) is 11.2 Å². The molecule has 1 atom stereocenters. The molecule has 7 heteroatoms. The van der Waals surface area contributed by atoms with Gasteiger partial charge in [0.15, 0.2) is 0 Å². The van der Waals surface area contributed by atoms with E-state index in [1.54, 1.807) is 37.3 Å². The fourth-order valence-electron chi connectivity index (χ4n) is 2.50. The molecule has 2 aromatic carbocycles. The summed E-state index contributed by atoms with van der Waals surface area (Å²) in [4.78, 5) is 34.5. The van der Waals surface area contributed by atoms with Crippen molar-refractivity contribution in [1.29, 1.82) is 0 Å². The van der Waals surface area contributed by atoms with Crippen LogP contribution in [0, 0.1) is 10.1 Å². The number of amides is 1. The van der Waals surface area contributed by atoms with Crippen molar-refractivity contribution in [1.82, 2.24) is 5.32 Å². The maximum Gasteiger partial charge on any atom is 0.329 e. The maximum atomic E-state index is 12.4. The smallest absolute Gasteiger partial charge is 0.329 e. The summed E-state index contributed by atoms with van der Waals surface area (Å²) in [7, 11) is 0. The average Bonchev–Trinajstić information content (AvgIpc) is 2.62. The van der Waals surface area contributed by atoms with E-state index < -0.39 is 22.3 Å². The second-order valence-corrected chi connectivity index (χ2v) is 5.66. The van der Waals surface area contributed by atoms with E-state index in [1.807, 2.05) is 0 Å². The highest BCUT2D eigenvalue weighted by atomic mass is 16.6. The van der Waals surface area contributed by atoms with Gasteiger partial charge in [0.1, 0.15) is 5.54 Å². The highest BCUT2D eigenvalue weighted by molar-refractivity contribution is 5.97. The summed E-state index contributed by atoms with van der Waals surface area (Å²) in [5.74, 6) is -1.63. The second-order valence-electron chi connectivity index (χ2n) is 5.66. The topological polar surface area (TPSA) is 110 Å². The Bertz CT molecular complexity index is 774. The number of hydrogen-bond acceptors (Lipinski definition) is 4. The van der Waals surface area contributed by atoms with Gasteiger partial charge in [-0.05, 0) is 24.1 Å². The van der Waals surface area contributed by atoms with Crippen LogP contribution in [0.3, 0.4) is 0 Å². The van der Waals surface area contributed by atoms with Gasteiger partial charge in [0.2, 0.25) is 0 Å². The van der Waals surface area contributed by atoms with E-state index in [4.69, 9.17) is 0 Å². The number of nitrogens with zero attached hydrogens (tertiary/aromatic N) is 1. The number of benzene rings is 2. The van der Waals surface area contributed by atoms with E-state index in [0.29, 0.717) is 11.1 Å². The van der Waals surface area contributed by atoms with Crippen molar-refractivity contribution in [3.05, 3.63) is 75.8 Å².